The van der Waals surface area contributed by atoms with Gasteiger partial charge in [0.2, 0.25) is 0 Å². The van der Waals surface area contributed by atoms with E-state index in [1.165, 1.54) is 0 Å². The van der Waals surface area contributed by atoms with E-state index >= 15 is 0 Å². The lowest BCUT2D eigenvalue weighted by Crippen LogP contribution is -2.17. The summed E-state index contributed by atoms with van der Waals surface area (Å²) < 4.78 is 22.8. The zero-order chi connectivity index (χ0) is 13.1. The minimum atomic E-state index is -3.63. The maximum Gasteiger partial charge on any atom is 0.318 e. The Labute approximate surface area is 104 Å². The van der Waals surface area contributed by atoms with Crippen molar-refractivity contribution in [1.82, 2.24) is 0 Å². The molecule has 17 heavy (non-hydrogen) atoms. The third-order valence-corrected chi connectivity index (χ3v) is 3.66. The molecule has 0 spiro atoms. The number of rotatable bonds is 5. The maximum atomic E-state index is 11.4. The number of carbonyl (C=O) groups is 1. The van der Waals surface area contributed by atoms with Gasteiger partial charge in [-0.25, -0.2) is 8.42 Å². The van der Waals surface area contributed by atoms with E-state index in [-0.39, 0.29) is 10.7 Å². The van der Waals surface area contributed by atoms with Crippen LogP contribution in [0.15, 0.2) is 24.3 Å². The number of benzene rings is 1. The van der Waals surface area contributed by atoms with Crippen LogP contribution in [0.1, 0.15) is 11.1 Å². The van der Waals surface area contributed by atoms with Gasteiger partial charge in [-0.15, -0.1) is 0 Å². The highest BCUT2D eigenvalue weighted by Crippen LogP contribution is 2.09. The number of sulfone groups is 1. The van der Waals surface area contributed by atoms with Crippen LogP contribution in [0.4, 0.5) is 0 Å². The summed E-state index contributed by atoms with van der Waals surface area (Å²) >= 11 is 4.75. The number of thiocarbonyl (C=S) groups is 1. The molecule has 0 saturated carbocycles. The molecule has 5 nitrogen and oxygen atoms in total. The Morgan fingerprint density at radius 1 is 1.29 bits per heavy atom. The number of carboxylic acid groups (broad SMARTS) is 1. The lowest BCUT2D eigenvalue weighted by Gasteiger charge is -2.03. The monoisotopic (exact) mass is 273 g/mol. The predicted octanol–water partition coefficient (Wildman–Crippen LogP) is 0.320. The summed E-state index contributed by atoms with van der Waals surface area (Å²) in [7, 11) is -3.63. The zero-order valence-corrected chi connectivity index (χ0v) is 10.4. The topological polar surface area (TPSA) is 97.5 Å². The van der Waals surface area contributed by atoms with E-state index in [1.807, 2.05) is 0 Å². The van der Waals surface area contributed by atoms with E-state index in [0.29, 0.717) is 11.1 Å². The molecule has 0 aromatic heterocycles. The van der Waals surface area contributed by atoms with Crippen molar-refractivity contribution in [1.29, 1.82) is 0 Å². The Morgan fingerprint density at radius 2 is 1.82 bits per heavy atom. The molecule has 0 aliphatic carbocycles. The second-order valence-electron chi connectivity index (χ2n) is 3.49. The van der Waals surface area contributed by atoms with E-state index in [9.17, 15) is 13.2 Å². The van der Waals surface area contributed by atoms with Crippen LogP contribution in [0, 0.1) is 0 Å². The molecule has 0 bridgehead atoms. The third kappa shape index (κ3) is 4.49. The van der Waals surface area contributed by atoms with Gasteiger partial charge in [0.05, 0.1) is 5.75 Å². The van der Waals surface area contributed by atoms with Gasteiger partial charge in [-0.2, -0.15) is 0 Å². The fraction of sp³-hybridized carbons (Fsp3) is 0.200. The quantitative estimate of drug-likeness (QED) is 0.750. The number of carboxylic acids is 1. The molecule has 1 aromatic carbocycles. The van der Waals surface area contributed by atoms with Crippen molar-refractivity contribution in [2.75, 3.05) is 5.75 Å². The van der Waals surface area contributed by atoms with Crippen molar-refractivity contribution in [3.8, 4) is 0 Å². The second kappa shape index (κ2) is 5.24. The van der Waals surface area contributed by atoms with Crippen LogP contribution < -0.4 is 5.73 Å². The van der Waals surface area contributed by atoms with Gasteiger partial charge in [-0.3, -0.25) is 4.79 Å². The standard InChI is InChI=1S/C10H11NO4S2/c11-10(16)8-3-1-7(2-4-8)5-17(14,15)6-9(12)13/h1-4H,5-6H2,(H2,11,16)(H,12,13). The molecule has 0 fully saturated rings. The zero-order valence-electron chi connectivity index (χ0n) is 8.79. The minimum absolute atomic E-state index is 0.227. The molecule has 3 N–H and O–H groups in total. The molecule has 0 heterocycles. The van der Waals surface area contributed by atoms with Crippen LogP contribution in [0.5, 0.6) is 0 Å². The fourth-order valence-corrected chi connectivity index (χ4v) is 2.57. The Kier molecular flexibility index (Phi) is 4.19. The van der Waals surface area contributed by atoms with Gasteiger partial charge in [0.1, 0.15) is 10.7 Å². The average Bonchev–Trinajstić information content (AvgIpc) is 2.15. The SMILES string of the molecule is NC(=S)c1ccc(CS(=O)(=O)CC(=O)O)cc1. The smallest absolute Gasteiger partial charge is 0.318 e. The fourth-order valence-electron chi connectivity index (χ4n) is 1.26. The molecule has 7 heteroatoms. The van der Waals surface area contributed by atoms with Gasteiger partial charge in [0.25, 0.3) is 0 Å². The molecule has 0 atom stereocenters. The maximum absolute atomic E-state index is 11.4. The van der Waals surface area contributed by atoms with E-state index in [1.54, 1.807) is 24.3 Å². The second-order valence-corrected chi connectivity index (χ2v) is 5.99. The van der Waals surface area contributed by atoms with Crippen molar-refractivity contribution in [2.45, 2.75) is 5.75 Å². The summed E-state index contributed by atoms with van der Waals surface area (Å²) in [4.78, 5) is 10.6. The molecule has 0 radical (unpaired) electrons. The predicted molar refractivity (Wildman–Crippen MR) is 67.5 cm³/mol. The highest BCUT2D eigenvalue weighted by Gasteiger charge is 2.16. The summed E-state index contributed by atoms with van der Waals surface area (Å²) in [6.45, 7) is 0. The molecule has 1 aromatic rings. The summed E-state index contributed by atoms with van der Waals surface area (Å²) in [5, 5.41) is 8.43. The number of aliphatic carboxylic acids is 1. The molecule has 0 unspecified atom stereocenters. The van der Waals surface area contributed by atoms with Crippen LogP contribution in [0.25, 0.3) is 0 Å². The normalized spacial score (nSPS) is 11.1. The molecule has 92 valence electrons. The molecule has 1 rings (SSSR count). The van der Waals surface area contributed by atoms with Crippen molar-refractivity contribution in [3.05, 3.63) is 35.4 Å². The lowest BCUT2D eigenvalue weighted by atomic mass is 10.1. The Bertz CT molecular complexity index is 534. The molecule has 0 aliphatic rings. The molecular weight excluding hydrogens is 262 g/mol. The summed E-state index contributed by atoms with van der Waals surface area (Å²) in [5.41, 5.74) is 6.54. The molecular formula is C10H11NO4S2. The van der Waals surface area contributed by atoms with Crippen molar-refractivity contribution >= 4 is 33.0 Å². The van der Waals surface area contributed by atoms with Gasteiger partial charge in [-0.1, -0.05) is 36.5 Å². The largest absolute Gasteiger partial charge is 0.480 e. The summed E-state index contributed by atoms with van der Waals surface area (Å²) in [6.07, 6.45) is 0. The van der Waals surface area contributed by atoms with Crippen molar-refractivity contribution in [2.24, 2.45) is 5.73 Å². The molecule has 0 amide bonds. The van der Waals surface area contributed by atoms with E-state index in [4.69, 9.17) is 23.1 Å². The Hall–Kier alpha value is -1.47. The van der Waals surface area contributed by atoms with Crippen LogP contribution in [0.2, 0.25) is 0 Å². The van der Waals surface area contributed by atoms with Crippen molar-refractivity contribution < 1.29 is 18.3 Å². The lowest BCUT2D eigenvalue weighted by molar-refractivity contribution is -0.134. The Balaban J connectivity index is 2.82. The average molecular weight is 273 g/mol. The van der Waals surface area contributed by atoms with E-state index < -0.39 is 21.6 Å². The first kappa shape index (κ1) is 13.6. The highest BCUT2D eigenvalue weighted by atomic mass is 32.2. The number of hydrogen-bond donors (Lipinski definition) is 2. The van der Waals surface area contributed by atoms with Gasteiger partial charge < -0.3 is 10.8 Å². The van der Waals surface area contributed by atoms with Crippen LogP contribution in [-0.4, -0.2) is 30.2 Å². The van der Waals surface area contributed by atoms with Crippen molar-refractivity contribution in [3.63, 3.8) is 0 Å². The van der Waals surface area contributed by atoms with E-state index in [0.717, 1.165) is 0 Å². The summed E-state index contributed by atoms with van der Waals surface area (Å²) in [5.74, 6) is -2.54. The van der Waals surface area contributed by atoms with Crippen LogP contribution >= 0.6 is 12.2 Å². The van der Waals surface area contributed by atoms with E-state index in [2.05, 4.69) is 0 Å². The minimum Gasteiger partial charge on any atom is -0.480 e. The summed E-state index contributed by atoms with van der Waals surface area (Å²) in [6, 6.07) is 6.34. The first-order valence-corrected chi connectivity index (χ1v) is 6.84. The number of hydrogen-bond acceptors (Lipinski definition) is 4. The first-order valence-electron chi connectivity index (χ1n) is 4.61. The number of nitrogens with two attached hydrogens (primary N) is 1. The van der Waals surface area contributed by atoms with Crippen LogP contribution in [-0.2, 0) is 20.4 Å². The highest BCUT2D eigenvalue weighted by molar-refractivity contribution is 7.91. The Morgan fingerprint density at radius 3 is 2.24 bits per heavy atom. The van der Waals surface area contributed by atoms with Gasteiger partial charge >= 0.3 is 5.97 Å². The third-order valence-electron chi connectivity index (χ3n) is 1.97. The van der Waals surface area contributed by atoms with Crippen LogP contribution in [0.3, 0.4) is 0 Å². The van der Waals surface area contributed by atoms with Gasteiger partial charge in [0, 0.05) is 5.56 Å². The molecule has 0 saturated heterocycles. The van der Waals surface area contributed by atoms with Gasteiger partial charge in [0.15, 0.2) is 9.84 Å². The molecule has 0 aliphatic heterocycles. The van der Waals surface area contributed by atoms with Gasteiger partial charge in [-0.05, 0) is 5.56 Å². The first-order chi connectivity index (χ1) is 7.80.